The maximum atomic E-state index is 12.1. The second-order valence-electron chi connectivity index (χ2n) is 7.03. The normalized spacial score (nSPS) is 11.6. The molecule has 2 aromatic carbocycles. The van der Waals surface area contributed by atoms with Crippen molar-refractivity contribution in [1.82, 2.24) is 15.0 Å². The summed E-state index contributed by atoms with van der Waals surface area (Å²) in [5, 5.41) is 3.75. The molecule has 0 bridgehead atoms. The van der Waals surface area contributed by atoms with Crippen molar-refractivity contribution >= 4 is 50.3 Å². The molecule has 0 saturated carbocycles. The van der Waals surface area contributed by atoms with Crippen molar-refractivity contribution < 1.29 is 9.53 Å². The zero-order valence-electron chi connectivity index (χ0n) is 16.0. The summed E-state index contributed by atoms with van der Waals surface area (Å²) in [7, 11) is 0. The third-order valence-electron chi connectivity index (χ3n) is 5.21. The van der Waals surface area contributed by atoms with Gasteiger partial charge in [0, 0.05) is 44.2 Å². The van der Waals surface area contributed by atoms with E-state index in [4.69, 9.17) is 16.3 Å². The van der Waals surface area contributed by atoms with E-state index in [0.717, 1.165) is 49.7 Å². The lowest BCUT2D eigenvalue weighted by atomic mass is 10.1. The molecule has 0 fully saturated rings. The molecule has 3 aromatic heterocycles. The number of nitrogens with zero attached hydrogens (tertiary/aromatic N) is 1. The van der Waals surface area contributed by atoms with Crippen LogP contribution in [0.5, 0.6) is 0 Å². The smallest absolute Gasteiger partial charge is 0.338 e. The standard InChI is InChI=1S/C23H18ClN3O2/c1-3-29-23(28)13-4-5-19-14(8-13)9-20(26-19)18-11-15(24)10-17-16-6-7-25-12(2)21(16)27-22(17)18/h4-11,26-27H,3H2,1-2H3. The molecule has 0 aliphatic carbocycles. The molecule has 0 aliphatic heterocycles. The van der Waals surface area contributed by atoms with Crippen LogP contribution in [-0.2, 0) is 4.74 Å². The van der Waals surface area contributed by atoms with Gasteiger partial charge in [0.05, 0.1) is 28.9 Å². The van der Waals surface area contributed by atoms with E-state index in [1.165, 1.54) is 0 Å². The topological polar surface area (TPSA) is 70.8 Å². The third-order valence-corrected chi connectivity index (χ3v) is 5.42. The van der Waals surface area contributed by atoms with Crippen molar-refractivity contribution in [2.75, 3.05) is 6.61 Å². The van der Waals surface area contributed by atoms with Gasteiger partial charge in [0.25, 0.3) is 0 Å². The van der Waals surface area contributed by atoms with Gasteiger partial charge in [-0.1, -0.05) is 11.6 Å². The fourth-order valence-corrected chi connectivity index (χ4v) is 4.08. The molecule has 3 heterocycles. The molecule has 5 rings (SSSR count). The highest BCUT2D eigenvalue weighted by molar-refractivity contribution is 6.32. The van der Waals surface area contributed by atoms with Gasteiger partial charge in [-0.2, -0.15) is 0 Å². The van der Waals surface area contributed by atoms with E-state index in [9.17, 15) is 4.79 Å². The zero-order chi connectivity index (χ0) is 20.1. The number of carbonyl (C=O) groups is 1. The zero-order valence-corrected chi connectivity index (χ0v) is 16.7. The number of carbonyl (C=O) groups excluding carboxylic acids is 1. The highest BCUT2D eigenvalue weighted by Gasteiger charge is 2.15. The maximum absolute atomic E-state index is 12.1. The van der Waals surface area contributed by atoms with Crippen molar-refractivity contribution in [3.05, 3.63) is 64.9 Å². The fraction of sp³-hybridized carbons (Fsp3) is 0.130. The van der Waals surface area contributed by atoms with Crippen LogP contribution < -0.4 is 0 Å². The van der Waals surface area contributed by atoms with Gasteiger partial charge in [-0.15, -0.1) is 0 Å². The monoisotopic (exact) mass is 403 g/mol. The van der Waals surface area contributed by atoms with Crippen LogP contribution >= 0.6 is 11.6 Å². The summed E-state index contributed by atoms with van der Waals surface area (Å²) in [6.45, 7) is 4.13. The van der Waals surface area contributed by atoms with Gasteiger partial charge >= 0.3 is 5.97 Å². The number of esters is 1. The van der Waals surface area contributed by atoms with Crippen molar-refractivity contribution in [3.63, 3.8) is 0 Å². The van der Waals surface area contributed by atoms with E-state index >= 15 is 0 Å². The number of benzene rings is 2. The first kappa shape index (κ1) is 17.8. The molecule has 29 heavy (non-hydrogen) atoms. The Balaban J connectivity index is 1.72. The lowest BCUT2D eigenvalue weighted by molar-refractivity contribution is 0.0526. The summed E-state index contributed by atoms with van der Waals surface area (Å²) in [6, 6.07) is 13.4. The largest absolute Gasteiger partial charge is 0.462 e. The lowest BCUT2D eigenvalue weighted by Crippen LogP contribution is -2.03. The minimum atomic E-state index is -0.319. The molecule has 0 amide bonds. The van der Waals surface area contributed by atoms with Crippen LogP contribution in [-0.4, -0.2) is 27.5 Å². The Morgan fingerprint density at radius 1 is 1.07 bits per heavy atom. The number of pyridine rings is 1. The number of aryl methyl sites for hydroxylation is 1. The van der Waals surface area contributed by atoms with Crippen LogP contribution in [0.15, 0.2) is 48.7 Å². The van der Waals surface area contributed by atoms with Gasteiger partial charge in [0.2, 0.25) is 0 Å². The Morgan fingerprint density at radius 2 is 1.93 bits per heavy atom. The van der Waals surface area contributed by atoms with Gasteiger partial charge in [-0.3, -0.25) is 4.98 Å². The van der Waals surface area contributed by atoms with Gasteiger partial charge in [0.15, 0.2) is 0 Å². The number of aromatic amines is 2. The highest BCUT2D eigenvalue weighted by Crippen LogP contribution is 2.37. The fourth-order valence-electron chi connectivity index (χ4n) is 3.86. The van der Waals surface area contributed by atoms with Crippen LogP contribution in [0.1, 0.15) is 23.0 Å². The SMILES string of the molecule is CCOC(=O)c1ccc2[nH]c(-c3cc(Cl)cc4c3[nH]c3c(C)nccc34)cc2c1. The number of fused-ring (bicyclic) bond motifs is 4. The highest BCUT2D eigenvalue weighted by atomic mass is 35.5. The molecule has 0 aliphatic rings. The lowest BCUT2D eigenvalue weighted by Gasteiger charge is -2.02. The van der Waals surface area contributed by atoms with Gasteiger partial charge in [0.1, 0.15) is 0 Å². The van der Waals surface area contributed by atoms with E-state index in [1.807, 2.05) is 49.5 Å². The molecular weight excluding hydrogens is 386 g/mol. The Labute approximate surface area is 171 Å². The Kier molecular flexibility index (Phi) is 4.07. The van der Waals surface area contributed by atoms with Gasteiger partial charge in [-0.05, 0) is 56.3 Å². The molecule has 0 atom stereocenters. The van der Waals surface area contributed by atoms with Crippen molar-refractivity contribution in [1.29, 1.82) is 0 Å². The van der Waals surface area contributed by atoms with Crippen LogP contribution in [0.25, 0.3) is 44.0 Å². The van der Waals surface area contributed by atoms with E-state index in [-0.39, 0.29) is 5.97 Å². The van der Waals surface area contributed by atoms with E-state index in [1.54, 1.807) is 13.0 Å². The second kappa shape index (κ2) is 6.64. The number of nitrogens with one attached hydrogen (secondary N) is 2. The number of aromatic nitrogens is 3. The number of H-pyrrole nitrogens is 2. The van der Waals surface area contributed by atoms with E-state index < -0.39 is 0 Å². The predicted molar refractivity (Wildman–Crippen MR) is 117 cm³/mol. The molecule has 0 unspecified atom stereocenters. The Bertz CT molecular complexity index is 1410. The molecule has 144 valence electrons. The minimum Gasteiger partial charge on any atom is -0.462 e. The van der Waals surface area contributed by atoms with Crippen molar-refractivity contribution in [2.24, 2.45) is 0 Å². The molecule has 6 heteroatoms. The first-order valence-corrected chi connectivity index (χ1v) is 9.79. The third kappa shape index (κ3) is 2.86. The first-order chi connectivity index (χ1) is 14.0. The summed E-state index contributed by atoms with van der Waals surface area (Å²) in [4.78, 5) is 23.4. The van der Waals surface area contributed by atoms with Gasteiger partial charge < -0.3 is 14.7 Å². The average Bonchev–Trinajstić information content (AvgIpc) is 3.29. The van der Waals surface area contributed by atoms with Crippen molar-refractivity contribution in [2.45, 2.75) is 13.8 Å². The van der Waals surface area contributed by atoms with Crippen LogP contribution in [0.2, 0.25) is 5.02 Å². The summed E-state index contributed by atoms with van der Waals surface area (Å²) in [5.41, 5.74) is 6.31. The Hall–Kier alpha value is -3.31. The summed E-state index contributed by atoms with van der Waals surface area (Å²) < 4.78 is 5.11. The molecule has 0 saturated heterocycles. The minimum absolute atomic E-state index is 0.319. The number of rotatable bonds is 3. The van der Waals surface area contributed by atoms with Crippen LogP contribution in [0.4, 0.5) is 0 Å². The molecule has 0 spiro atoms. The average molecular weight is 404 g/mol. The van der Waals surface area contributed by atoms with E-state index in [0.29, 0.717) is 17.2 Å². The Morgan fingerprint density at radius 3 is 2.76 bits per heavy atom. The molecule has 2 N–H and O–H groups in total. The van der Waals surface area contributed by atoms with Gasteiger partial charge in [-0.25, -0.2) is 4.79 Å². The first-order valence-electron chi connectivity index (χ1n) is 9.42. The number of hydrogen-bond donors (Lipinski definition) is 2. The molecule has 0 radical (unpaired) electrons. The number of halogens is 1. The molecule has 5 aromatic rings. The van der Waals surface area contributed by atoms with Crippen molar-refractivity contribution in [3.8, 4) is 11.3 Å². The summed E-state index contributed by atoms with van der Waals surface area (Å²) in [5.74, 6) is -0.319. The quantitative estimate of drug-likeness (QED) is 0.363. The predicted octanol–water partition coefficient (Wildman–Crippen LogP) is 6.00. The number of hydrogen-bond acceptors (Lipinski definition) is 3. The summed E-state index contributed by atoms with van der Waals surface area (Å²) >= 11 is 6.47. The molecule has 5 nitrogen and oxygen atoms in total. The summed E-state index contributed by atoms with van der Waals surface area (Å²) in [6.07, 6.45) is 1.81. The molecular formula is C23H18ClN3O2. The second-order valence-corrected chi connectivity index (χ2v) is 7.46. The van der Waals surface area contributed by atoms with Crippen LogP contribution in [0, 0.1) is 6.92 Å². The van der Waals surface area contributed by atoms with E-state index in [2.05, 4.69) is 15.0 Å². The number of ether oxygens (including phenoxy) is 1. The van der Waals surface area contributed by atoms with Crippen LogP contribution in [0.3, 0.4) is 0 Å². The maximum Gasteiger partial charge on any atom is 0.338 e.